The minimum atomic E-state index is 0.370. The minimum absolute atomic E-state index is 0.370. The van der Waals surface area contributed by atoms with Crippen molar-refractivity contribution in [2.45, 2.75) is 63.7 Å². The van der Waals surface area contributed by atoms with Crippen LogP contribution in [0.1, 0.15) is 58.3 Å². The van der Waals surface area contributed by atoms with Crippen molar-refractivity contribution in [1.82, 2.24) is 0 Å². The summed E-state index contributed by atoms with van der Waals surface area (Å²) in [5, 5.41) is 0.370. The average molecular weight is 233 g/mol. The second kappa shape index (κ2) is 8.41. The van der Waals surface area contributed by atoms with Crippen LogP contribution in [-0.4, -0.2) is 18.6 Å². The highest BCUT2D eigenvalue weighted by Gasteiger charge is 2.22. The smallest absolute Gasteiger partial charge is 0.0508 e. The van der Waals surface area contributed by atoms with E-state index in [9.17, 15) is 0 Å². The third-order valence-corrected chi connectivity index (χ3v) is 3.88. The Bertz CT molecular complexity index is 149. The number of ether oxygens (including phenoxy) is 1. The van der Waals surface area contributed by atoms with Gasteiger partial charge in [-0.2, -0.15) is 0 Å². The summed E-state index contributed by atoms with van der Waals surface area (Å²) in [6.07, 6.45) is 10.5. The fraction of sp³-hybridized carbons (Fsp3) is 1.00. The molecule has 0 aromatic rings. The van der Waals surface area contributed by atoms with Gasteiger partial charge in [-0.25, -0.2) is 0 Å². The highest BCUT2D eigenvalue weighted by Crippen LogP contribution is 2.25. The Kier molecular flexibility index (Phi) is 7.46. The van der Waals surface area contributed by atoms with E-state index in [0.717, 1.165) is 19.6 Å². The molecule has 2 unspecified atom stereocenters. The van der Waals surface area contributed by atoms with Crippen molar-refractivity contribution < 1.29 is 4.74 Å². The largest absolute Gasteiger partial charge is 0.381 e. The van der Waals surface area contributed by atoms with Gasteiger partial charge >= 0.3 is 0 Å². The third-order valence-electron chi connectivity index (χ3n) is 3.31. The number of rotatable bonds is 7. The van der Waals surface area contributed by atoms with Gasteiger partial charge in [0.25, 0.3) is 0 Å². The van der Waals surface area contributed by atoms with E-state index < -0.39 is 0 Å². The Labute approximate surface area is 99.5 Å². The Morgan fingerprint density at radius 1 is 1.13 bits per heavy atom. The number of hydrogen-bond donors (Lipinski definition) is 0. The summed E-state index contributed by atoms with van der Waals surface area (Å²) in [6.45, 7) is 4.02. The summed E-state index contributed by atoms with van der Waals surface area (Å²) in [5.41, 5.74) is 0. The zero-order valence-electron chi connectivity index (χ0n) is 10.0. The lowest BCUT2D eigenvalue weighted by molar-refractivity contribution is 0.0535. The molecule has 2 atom stereocenters. The van der Waals surface area contributed by atoms with Gasteiger partial charge in [0.1, 0.15) is 0 Å². The van der Waals surface area contributed by atoms with Gasteiger partial charge in [0, 0.05) is 12.0 Å². The van der Waals surface area contributed by atoms with Crippen LogP contribution in [0.4, 0.5) is 0 Å². The number of hydrogen-bond acceptors (Lipinski definition) is 1. The van der Waals surface area contributed by atoms with E-state index in [1.165, 1.54) is 44.9 Å². The van der Waals surface area contributed by atoms with Gasteiger partial charge in [-0.1, -0.05) is 45.4 Å². The van der Waals surface area contributed by atoms with Crippen molar-refractivity contribution >= 4 is 11.6 Å². The molecular weight excluding hydrogens is 208 g/mol. The van der Waals surface area contributed by atoms with Crippen molar-refractivity contribution in [3.8, 4) is 0 Å². The van der Waals surface area contributed by atoms with Gasteiger partial charge in [0.05, 0.1) is 6.61 Å². The molecule has 1 saturated heterocycles. The molecule has 0 aromatic carbocycles. The summed E-state index contributed by atoms with van der Waals surface area (Å²) in [6, 6.07) is 0. The molecule has 2 heteroatoms. The van der Waals surface area contributed by atoms with E-state index >= 15 is 0 Å². The van der Waals surface area contributed by atoms with Crippen LogP contribution in [0.25, 0.3) is 0 Å². The molecule has 0 aromatic heterocycles. The van der Waals surface area contributed by atoms with Crippen LogP contribution in [0.2, 0.25) is 0 Å². The maximum absolute atomic E-state index is 6.27. The van der Waals surface area contributed by atoms with Crippen LogP contribution in [0.15, 0.2) is 0 Å². The second-order valence-electron chi connectivity index (χ2n) is 4.70. The third kappa shape index (κ3) is 5.77. The van der Waals surface area contributed by atoms with Gasteiger partial charge < -0.3 is 4.74 Å². The zero-order chi connectivity index (χ0) is 10.9. The summed E-state index contributed by atoms with van der Waals surface area (Å²) in [7, 11) is 0. The van der Waals surface area contributed by atoms with Crippen LogP contribution < -0.4 is 0 Å². The lowest BCUT2D eigenvalue weighted by Gasteiger charge is -2.27. The molecule has 1 rings (SSSR count). The van der Waals surface area contributed by atoms with Crippen molar-refractivity contribution in [2.24, 2.45) is 5.92 Å². The Morgan fingerprint density at radius 2 is 1.87 bits per heavy atom. The Morgan fingerprint density at radius 3 is 2.60 bits per heavy atom. The minimum Gasteiger partial charge on any atom is -0.381 e. The van der Waals surface area contributed by atoms with Gasteiger partial charge in [0.2, 0.25) is 0 Å². The maximum atomic E-state index is 6.27. The summed E-state index contributed by atoms with van der Waals surface area (Å²) in [5.74, 6) is 0.617. The van der Waals surface area contributed by atoms with E-state index in [2.05, 4.69) is 6.92 Å². The predicted molar refractivity (Wildman–Crippen MR) is 66.6 cm³/mol. The number of halogens is 1. The molecule has 1 aliphatic rings. The van der Waals surface area contributed by atoms with Gasteiger partial charge in [-0.05, 0) is 18.8 Å². The SMILES string of the molecule is CCCCCCCCC1COCCC1Cl. The van der Waals surface area contributed by atoms with E-state index in [-0.39, 0.29) is 0 Å². The van der Waals surface area contributed by atoms with E-state index in [4.69, 9.17) is 16.3 Å². The molecular formula is C13H25ClO. The molecule has 0 aliphatic carbocycles. The van der Waals surface area contributed by atoms with Crippen LogP contribution in [-0.2, 0) is 4.74 Å². The summed E-state index contributed by atoms with van der Waals surface area (Å²) >= 11 is 6.27. The topological polar surface area (TPSA) is 9.23 Å². The molecule has 0 bridgehead atoms. The van der Waals surface area contributed by atoms with Gasteiger partial charge in [-0.15, -0.1) is 11.6 Å². The zero-order valence-corrected chi connectivity index (χ0v) is 10.8. The van der Waals surface area contributed by atoms with Crippen LogP contribution >= 0.6 is 11.6 Å². The lowest BCUT2D eigenvalue weighted by atomic mass is 9.94. The normalized spacial score (nSPS) is 26.8. The van der Waals surface area contributed by atoms with Crippen molar-refractivity contribution in [3.63, 3.8) is 0 Å². The van der Waals surface area contributed by atoms with E-state index in [1.807, 2.05) is 0 Å². The number of alkyl halides is 1. The monoisotopic (exact) mass is 232 g/mol. The molecule has 0 amide bonds. The Balaban J connectivity index is 1.94. The molecule has 0 saturated carbocycles. The van der Waals surface area contributed by atoms with Gasteiger partial charge in [0.15, 0.2) is 0 Å². The van der Waals surface area contributed by atoms with Crippen molar-refractivity contribution in [3.05, 3.63) is 0 Å². The van der Waals surface area contributed by atoms with Gasteiger partial charge in [-0.3, -0.25) is 0 Å². The summed E-state index contributed by atoms with van der Waals surface area (Å²) in [4.78, 5) is 0. The molecule has 90 valence electrons. The number of unbranched alkanes of at least 4 members (excludes halogenated alkanes) is 5. The first-order valence-electron chi connectivity index (χ1n) is 6.56. The molecule has 0 radical (unpaired) electrons. The van der Waals surface area contributed by atoms with E-state index in [1.54, 1.807) is 0 Å². The highest BCUT2D eigenvalue weighted by atomic mass is 35.5. The molecule has 0 N–H and O–H groups in total. The fourth-order valence-corrected chi connectivity index (χ4v) is 2.51. The molecule has 1 aliphatic heterocycles. The lowest BCUT2D eigenvalue weighted by Crippen LogP contribution is -2.27. The van der Waals surface area contributed by atoms with Crippen LogP contribution in [0.3, 0.4) is 0 Å². The molecule has 0 spiro atoms. The first-order valence-corrected chi connectivity index (χ1v) is 7.00. The molecule has 1 heterocycles. The van der Waals surface area contributed by atoms with Crippen molar-refractivity contribution in [1.29, 1.82) is 0 Å². The first kappa shape index (κ1) is 13.3. The molecule has 15 heavy (non-hydrogen) atoms. The first-order chi connectivity index (χ1) is 7.34. The standard InChI is InChI=1S/C13H25ClO/c1-2-3-4-5-6-7-8-12-11-15-10-9-13(12)14/h12-13H,2-11H2,1H3. The van der Waals surface area contributed by atoms with Crippen LogP contribution in [0, 0.1) is 5.92 Å². The summed E-state index contributed by atoms with van der Waals surface area (Å²) < 4.78 is 5.46. The van der Waals surface area contributed by atoms with E-state index in [0.29, 0.717) is 11.3 Å². The predicted octanol–water partition coefficient (Wildman–Crippen LogP) is 4.38. The average Bonchev–Trinajstić information content (AvgIpc) is 2.25. The highest BCUT2D eigenvalue weighted by molar-refractivity contribution is 6.20. The fourth-order valence-electron chi connectivity index (χ4n) is 2.22. The molecule has 1 fully saturated rings. The quantitative estimate of drug-likeness (QED) is 0.468. The second-order valence-corrected chi connectivity index (χ2v) is 5.26. The maximum Gasteiger partial charge on any atom is 0.0508 e. The molecule has 1 nitrogen and oxygen atoms in total. The van der Waals surface area contributed by atoms with Crippen LogP contribution in [0.5, 0.6) is 0 Å². The van der Waals surface area contributed by atoms with Crippen molar-refractivity contribution in [2.75, 3.05) is 13.2 Å². The Hall–Kier alpha value is 0.250.